The first-order valence-corrected chi connectivity index (χ1v) is 10.7. The van der Waals surface area contributed by atoms with E-state index in [1.54, 1.807) is 6.07 Å². The van der Waals surface area contributed by atoms with Crippen LogP contribution in [0.1, 0.15) is 6.42 Å². The Morgan fingerprint density at radius 3 is 2.32 bits per heavy atom. The third kappa shape index (κ3) is 4.12. The van der Waals surface area contributed by atoms with Crippen LogP contribution in [0.2, 0.25) is 0 Å². The zero-order valence-corrected chi connectivity index (χ0v) is 17.2. The van der Waals surface area contributed by atoms with Gasteiger partial charge in [-0.05, 0) is 18.2 Å². The summed E-state index contributed by atoms with van der Waals surface area (Å²) in [5, 5.41) is 2.74. The maximum absolute atomic E-state index is 12.9. The minimum Gasteiger partial charge on any atom is -0.493 e. The highest BCUT2D eigenvalue weighted by molar-refractivity contribution is 7.99. The molecular weight excluding hydrogens is 404 g/mol. The molecule has 0 aromatic heterocycles. The monoisotopic (exact) mass is 424 g/mol. The molecule has 0 bridgehead atoms. The molecule has 0 saturated heterocycles. The lowest BCUT2D eigenvalue weighted by molar-refractivity contribution is -0.115. The number of rotatable bonds is 6. The van der Waals surface area contributed by atoms with Crippen molar-refractivity contribution in [2.75, 3.05) is 37.1 Å². The van der Waals surface area contributed by atoms with Gasteiger partial charge in [0.05, 0.1) is 37.6 Å². The maximum atomic E-state index is 12.9. The van der Waals surface area contributed by atoms with Crippen molar-refractivity contribution >= 4 is 39.1 Å². The third-order valence-electron chi connectivity index (χ3n) is 4.04. The smallest absolute Gasteiger partial charge is 0.261 e. The zero-order valence-electron chi connectivity index (χ0n) is 15.6. The lowest BCUT2D eigenvalue weighted by atomic mass is 10.2. The van der Waals surface area contributed by atoms with Crippen molar-refractivity contribution in [3.05, 3.63) is 30.3 Å². The van der Waals surface area contributed by atoms with Crippen LogP contribution in [-0.4, -0.2) is 41.4 Å². The molecule has 2 aromatic carbocycles. The van der Waals surface area contributed by atoms with Crippen LogP contribution in [0.25, 0.3) is 0 Å². The molecule has 10 heteroatoms. The number of amides is 1. The Bertz CT molecular complexity index is 982. The molecule has 0 atom stereocenters. The van der Waals surface area contributed by atoms with Crippen LogP contribution in [-0.2, 0) is 14.8 Å². The van der Waals surface area contributed by atoms with Gasteiger partial charge in [0.15, 0.2) is 11.5 Å². The average Bonchev–Trinajstić information content (AvgIpc) is 2.86. The Labute approximate surface area is 167 Å². The minimum absolute atomic E-state index is 0.0304. The Morgan fingerprint density at radius 1 is 1.04 bits per heavy atom. The van der Waals surface area contributed by atoms with Crippen LogP contribution in [0.4, 0.5) is 11.4 Å². The molecule has 28 heavy (non-hydrogen) atoms. The van der Waals surface area contributed by atoms with E-state index in [1.807, 2.05) is 0 Å². The molecule has 150 valence electrons. The van der Waals surface area contributed by atoms with E-state index in [9.17, 15) is 13.2 Å². The summed E-state index contributed by atoms with van der Waals surface area (Å²) in [5.74, 6) is 1.51. The van der Waals surface area contributed by atoms with E-state index in [0.29, 0.717) is 35.1 Å². The lowest BCUT2D eigenvalue weighted by Crippen LogP contribution is -2.15. The average molecular weight is 425 g/mol. The van der Waals surface area contributed by atoms with Gasteiger partial charge in [-0.2, -0.15) is 0 Å². The third-order valence-corrected chi connectivity index (χ3v) is 6.49. The second-order valence-electron chi connectivity index (χ2n) is 5.82. The van der Waals surface area contributed by atoms with E-state index in [4.69, 9.17) is 14.2 Å². The summed E-state index contributed by atoms with van der Waals surface area (Å²) >= 11 is 1.51. The van der Waals surface area contributed by atoms with Gasteiger partial charge in [-0.1, -0.05) is 0 Å². The molecule has 1 aliphatic rings. The quantitative estimate of drug-likeness (QED) is 0.735. The van der Waals surface area contributed by atoms with Crippen LogP contribution in [0, 0.1) is 0 Å². The summed E-state index contributed by atoms with van der Waals surface area (Å²) < 4.78 is 44.0. The molecule has 0 radical (unpaired) electrons. The number of anilines is 2. The fourth-order valence-electron chi connectivity index (χ4n) is 2.72. The summed E-state index contributed by atoms with van der Waals surface area (Å²) in [6.07, 6.45) is 0.380. The number of benzene rings is 2. The molecule has 0 unspecified atom stereocenters. The standard InChI is InChI=1S/C18H20N2O6S2/c1-24-14-8-11(9-15(25-2)18(14)26-3)20-28(22,23)12-4-5-16-13(10-12)19-17(21)6-7-27-16/h4-5,8-10,20H,6-7H2,1-3H3,(H,19,21). The number of ether oxygens (including phenoxy) is 3. The molecule has 0 spiro atoms. The van der Waals surface area contributed by atoms with Gasteiger partial charge in [-0.25, -0.2) is 8.42 Å². The van der Waals surface area contributed by atoms with Crippen LogP contribution >= 0.6 is 11.8 Å². The number of carbonyl (C=O) groups is 1. The summed E-state index contributed by atoms with van der Waals surface area (Å²) in [5.41, 5.74) is 0.739. The Morgan fingerprint density at radius 2 is 1.71 bits per heavy atom. The van der Waals surface area contributed by atoms with Crippen molar-refractivity contribution in [3.63, 3.8) is 0 Å². The van der Waals surface area contributed by atoms with Crippen LogP contribution in [0.5, 0.6) is 17.2 Å². The molecule has 3 rings (SSSR count). The van der Waals surface area contributed by atoms with Gasteiger partial charge in [0.2, 0.25) is 11.7 Å². The van der Waals surface area contributed by atoms with Crippen molar-refractivity contribution in [1.29, 1.82) is 0 Å². The number of fused-ring (bicyclic) bond motifs is 1. The van der Waals surface area contributed by atoms with Gasteiger partial charge in [0, 0.05) is 29.2 Å². The van der Waals surface area contributed by atoms with Crippen molar-refractivity contribution in [1.82, 2.24) is 0 Å². The SMILES string of the molecule is COc1cc(NS(=O)(=O)c2ccc3c(c2)NC(=O)CCS3)cc(OC)c1OC. The van der Waals surface area contributed by atoms with E-state index < -0.39 is 10.0 Å². The Kier molecular flexibility index (Phi) is 5.90. The zero-order chi connectivity index (χ0) is 20.3. The topological polar surface area (TPSA) is 103 Å². The van der Waals surface area contributed by atoms with E-state index in [0.717, 1.165) is 4.90 Å². The maximum Gasteiger partial charge on any atom is 0.261 e. The second-order valence-corrected chi connectivity index (χ2v) is 8.64. The van der Waals surface area contributed by atoms with Crippen molar-refractivity contribution in [2.24, 2.45) is 0 Å². The number of carbonyl (C=O) groups excluding carboxylic acids is 1. The summed E-state index contributed by atoms with van der Waals surface area (Å²) in [4.78, 5) is 12.6. The summed E-state index contributed by atoms with van der Waals surface area (Å²) in [7, 11) is 0.450. The highest BCUT2D eigenvalue weighted by atomic mass is 32.2. The molecule has 1 heterocycles. The fraction of sp³-hybridized carbons (Fsp3) is 0.278. The van der Waals surface area contributed by atoms with E-state index in [2.05, 4.69) is 10.0 Å². The molecule has 0 saturated carbocycles. The molecule has 1 amide bonds. The first-order valence-electron chi connectivity index (χ1n) is 8.27. The van der Waals surface area contributed by atoms with Gasteiger partial charge in [0.25, 0.3) is 10.0 Å². The lowest BCUT2D eigenvalue weighted by Gasteiger charge is -2.16. The summed E-state index contributed by atoms with van der Waals surface area (Å²) in [6.45, 7) is 0. The predicted octanol–water partition coefficient (Wildman–Crippen LogP) is 2.95. The van der Waals surface area contributed by atoms with Gasteiger partial charge in [-0.15, -0.1) is 11.8 Å². The normalized spacial score (nSPS) is 13.8. The minimum atomic E-state index is -3.91. The molecule has 8 nitrogen and oxygen atoms in total. The molecular formula is C18H20N2O6S2. The Hall–Kier alpha value is -2.59. The van der Waals surface area contributed by atoms with Crippen molar-refractivity contribution < 1.29 is 27.4 Å². The molecule has 0 aliphatic carbocycles. The largest absolute Gasteiger partial charge is 0.493 e. The van der Waals surface area contributed by atoms with Gasteiger partial charge in [-0.3, -0.25) is 9.52 Å². The number of hydrogen-bond acceptors (Lipinski definition) is 7. The number of nitrogens with one attached hydrogen (secondary N) is 2. The highest BCUT2D eigenvalue weighted by Gasteiger charge is 2.21. The number of thioether (sulfide) groups is 1. The Balaban J connectivity index is 1.95. The van der Waals surface area contributed by atoms with E-state index in [-0.39, 0.29) is 16.5 Å². The van der Waals surface area contributed by atoms with Gasteiger partial charge in [0.1, 0.15) is 0 Å². The van der Waals surface area contributed by atoms with Crippen LogP contribution < -0.4 is 24.2 Å². The molecule has 2 aromatic rings. The molecule has 0 fully saturated rings. The van der Waals surface area contributed by atoms with E-state index in [1.165, 1.54) is 57.4 Å². The van der Waals surface area contributed by atoms with Gasteiger partial charge < -0.3 is 19.5 Å². The van der Waals surface area contributed by atoms with Crippen LogP contribution in [0.15, 0.2) is 40.1 Å². The molecule has 2 N–H and O–H groups in total. The number of methoxy groups -OCH3 is 3. The summed E-state index contributed by atoms with van der Waals surface area (Å²) in [6, 6.07) is 7.64. The highest BCUT2D eigenvalue weighted by Crippen LogP contribution is 2.40. The van der Waals surface area contributed by atoms with E-state index >= 15 is 0 Å². The number of sulfonamides is 1. The fourth-order valence-corrected chi connectivity index (χ4v) is 4.72. The number of hydrogen-bond donors (Lipinski definition) is 2. The van der Waals surface area contributed by atoms with Crippen molar-refractivity contribution in [2.45, 2.75) is 16.2 Å². The van der Waals surface area contributed by atoms with Crippen LogP contribution in [0.3, 0.4) is 0 Å². The first-order chi connectivity index (χ1) is 13.4. The second kappa shape index (κ2) is 8.19. The van der Waals surface area contributed by atoms with Gasteiger partial charge >= 0.3 is 0 Å². The molecule has 1 aliphatic heterocycles. The van der Waals surface area contributed by atoms with Crippen molar-refractivity contribution in [3.8, 4) is 17.2 Å². The predicted molar refractivity (Wildman–Crippen MR) is 107 cm³/mol. The first kappa shape index (κ1) is 20.2.